The molecule has 286 valence electrons. The largest absolute Gasteiger partial charge is 0.309 e. The predicted octanol–water partition coefficient (Wildman–Crippen LogP) is 14.1. The smallest absolute Gasteiger partial charge is 0.164 e. The van der Waals surface area contributed by atoms with E-state index in [1.54, 1.807) is 0 Å². The van der Waals surface area contributed by atoms with Gasteiger partial charge in [0.1, 0.15) is 0 Å². The van der Waals surface area contributed by atoms with E-state index in [4.69, 9.17) is 15.0 Å². The van der Waals surface area contributed by atoms with Crippen molar-refractivity contribution in [2.75, 3.05) is 0 Å². The van der Waals surface area contributed by atoms with Crippen LogP contribution >= 0.6 is 0 Å². The number of benzene rings is 8. The molecule has 62 heavy (non-hydrogen) atoms. The second kappa shape index (κ2) is 13.5. The van der Waals surface area contributed by atoms with Gasteiger partial charge in [0, 0.05) is 54.9 Å². The third kappa shape index (κ3) is 5.01. The molecule has 0 aliphatic carbocycles. The van der Waals surface area contributed by atoms with Crippen molar-refractivity contribution in [3.63, 3.8) is 0 Å². The van der Waals surface area contributed by atoms with Crippen molar-refractivity contribution in [1.29, 1.82) is 0 Å². The molecule has 0 fully saturated rings. The first-order chi connectivity index (χ1) is 30.8. The van der Waals surface area contributed by atoms with Crippen LogP contribution in [0.2, 0.25) is 0 Å². The average molecular weight is 788 g/mol. The minimum absolute atomic E-state index is 0.624. The molecule has 13 aromatic rings. The zero-order chi connectivity index (χ0) is 40.7. The lowest BCUT2D eigenvalue weighted by molar-refractivity contribution is 1.07. The van der Waals surface area contributed by atoms with Crippen LogP contribution in [0.1, 0.15) is 0 Å². The van der Waals surface area contributed by atoms with Gasteiger partial charge in [0.05, 0.1) is 33.1 Å². The van der Waals surface area contributed by atoms with Gasteiger partial charge in [-0.25, -0.2) is 15.0 Å². The molecule has 9 aromatic carbocycles. The van der Waals surface area contributed by atoms with Gasteiger partial charge < -0.3 is 8.97 Å². The monoisotopic (exact) mass is 787 g/mol. The summed E-state index contributed by atoms with van der Waals surface area (Å²) >= 11 is 0. The molecule has 0 spiro atoms. The zero-order valence-corrected chi connectivity index (χ0v) is 33.3. The Morgan fingerprint density at radius 3 is 1.53 bits per heavy atom. The molecule has 0 aliphatic heterocycles. The third-order valence-corrected chi connectivity index (χ3v) is 12.3. The molecule has 4 heterocycles. The van der Waals surface area contributed by atoms with Crippen molar-refractivity contribution in [3.8, 4) is 62.2 Å². The number of aromatic nitrogens is 5. The Balaban J connectivity index is 1.14. The highest BCUT2D eigenvalue weighted by Crippen LogP contribution is 2.52. The van der Waals surface area contributed by atoms with Crippen molar-refractivity contribution in [1.82, 2.24) is 23.9 Å². The van der Waals surface area contributed by atoms with Gasteiger partial charge in [-0.2, -0.15) is 0 Å². The Labute approximate surface area is 356 Å². The zero-order valence-electron chi connectivity index (χ0n) is 33.3. The van der Waals surface area contributed by atoms with E-state index in [2.05, 4.69) is 155 Å². The van der Waals surface area contributed by atoms with Gasteiger partial charge in [-0.1, -0.05) is 170 Å². The molecule has 0 saturated carbocycles. The Morgan fingerprint density at radius 2 is 0.903 bits per heavy atom. The molecule has 0 bridgehead atoms. The van der Waals surface area contributed by atoms with Gasteiger partial charge in [-0.05, 0) is 59.0 Å². The summed E-state index contributed by atoms with van der Waals surface area (Å²) in [6, 6.07) is 77.4. The molecule has 4 aromatic heterocycles. The first kappa shape index (κ1) is 34.3. The summed E-state index contributed by atoms with van der Waals surface area (Å²) < 4.78 is 4.97. The first-order valence-corrected chi connectivity index (χ1v) is 20.9. The number of nitrogens with zero attached hydrogens (tertiary/aromatic N) is 5. The molecular formula is C57H33N5. The fourth-order valence-corrected chi connectivity index (χ4v) is 9.75. The van der Waals surface area contributed by atoms with Crippen LogP contribution in [0.4, 0.5) is 0 Å². The summed E-state index contributed by atoms with van der Waals surface area (Å²) in [6.07, 6.45) is 0. The van der Waals surface area contributed by atoms with E-state index in [1.165, 1.54) is 43.6 Å². The van der Waals surface area contributed by atoms with E-state index in [9.17, 15) is 0 Å². The van der Waals surface area contributed by atoms with Crippen LogP contribution < -0.4 is 0 Å². The summed E-state index contributed by atoms with van der Waals surface area (Å²) in [5.41, 5.74) is 13.1. The van der Waals surface area contributed by atoms with Crippen LogP contribution in [-0.2, 0) is 0 Å². The molecule has 0 aliphatic rings. The molecule has 0 atom stereocenters. The number of fused-ring (bicyclic) bond motifs is 6. The Morgan fingerprint density at radius 1 is 0.371 bits per heavy atom. The Hall–Kier alpha value is -8.59. The van der Waals surface area contributed by atoms with Gasteiger partial charge >= 0.3 is 0 Å². The molecule has 0 radical (unpaired) electrons. The minimum atomic E-state index is 0.624. The molecule has 5 heteroatoms. The van der Waals surface area contributed by atoms with Crippen LogP contribution in [0, 0.1) is 12.1 Å². The fourth-order valence-electron chi connectivity index (χ4n) is 9.75. The van der Waals surface area contributed by atoms with E-state index in [0.29, 0.717) is 17.5 Å². The molecule has 5 nitrogen and oxygen atoms in total. The second-order valence-corrected chi connectivity index (χ2v) is 15.8. The van der Waals surface area contributed by atoms with Crippen molar-refractivity contribution in [3.05, 3.63) is 212 Å². The van der Waals surface area contributed by atoms with Crippen molar-refractivity contribution in [2.45, 2.75) is 0 Å². The maximum absolute atomic E-state index is 5.04. The molecule has 0 amide bonds. The summed E-state index contributed by atoms with van der Waals surface area (Å²) in [5.74, 6) is 1.90. The van der Waals surface area contributed by atoms with Crippen LogP contribution in [0.25, 0.3) is 122 Å². The van der Waals surface area contributed by atoms with Crippen molar-refractivity contribution in [2.24, 2.45) is 0 Å². The van der Waals surface area contributed by atoms with E-state index in [0.717, 1.165) is 61.0 Å². The average Bonchev–Trinajstić information content (AvgIpc) is 3.86. The van der Waals surface area contributed by atoms with E-state index in [-0.39, 0.29) is 0 Å². The summed E-state index contributed by atoms with van der Waals surface area (Å²) in [6.45, 7) is 0. The van der Waals surface area contributed by atoms with Gasteiger partial charge in [0.2, 0.25) is 0 Å². The van der Waals surface area contributed by atoms with Crippen LogP contribution in [0.3, 0.4) is 0 Å². The maximum atomic E-state index is 5.04. The van der Waals surface area contributed by atoms with Crippen molar-refractivity contribution >= 4 is 59.8 Å². The topological polar surface area (TPSA) is 48.0 Å². The van der Waals surface area contributed by atoms with Crippen molar-refractivity contribution < 1.29 is 0 Å². The summed E-state index contributed by atoms with van der Waals surface area (Å²) in [4.78, 5) is 15.0. The first-order valence-electron chi connectivity index (χ1n) is 20.9. The normalized spacial score (nSPS) is 11.7. The highest BCUT2D eigenvalue weighted by atomic mass is 15.0. The Kier molecular flexibility index (Phi) is 7.45. The number of hydrogen-bond donors (Lipinski definition) is 0. The maximum Gasteiger partial charge on any atom is 0.164 e. The third-order valence-electron chi connectivity index (χ3n) is 12.3. The highest BCUT2D eigenvalue weighted by molar-refractivity contribution is 6.39. The van der Waals surface area contributed by atoms with Crippen LogP contribution in [0.5, 0.6) is 0 Å². The minimum Gasteiger partial charge on any atom is -0.309 e. The lowest BCUT2D eigenvalue weighted by Crippen LogP contribution is -2.00. The van der Waals surface area contributed by atoms with E-state index < -0.39 is 0 Å². The highest BCUT2D eigenvalue weighted by Gasteiger charge is 2.29. The predicted molar refractivity (Wildman–Crippen MR) is 254 cm³/mol. The SMILES string of the molecule is c1ccc2c(c#1)c1cccc3c1c1c(c4ccccc4c4c(-c5ccccc5)c(-c5ccccc5)n2c41)n3-c1ccc(-c2nc(-c3ccccc3)nc(-c3ccccc3)n2)cc1. The van der Waals surface area contributed by atoms with Crippen LogP contribution in [0.15, 0.2) is 200 Å². The Bertz CT molecular complexity index is 3760. The number of rotatable bonds is 6. The molecule has 13 rings (SSSR count). The molecule has 0 unspecified atom stereocenters. The molecule has 0 saturated heterocycles. The fraction of sp³-hybridized carbons (Fsp3) is 0. The lowest BCUT2D eigenvalue weighted by atomic mass is 9.93. The summed E-state index contributed by atoms with van der Waals surface area (Å²) in [7, 11) is 0. The molecule has 0 N–H and O–H groups in total. The quantitative estimate of drug-likeness (QED) is 0.169. The summed E-state index contributed by atoms with van der Waals surface area (Å²) in [5, 5.41) is 8.22. The standard InChI is InChI=1S/C57H33N5/c1-5-18-36(19-6-1)48-50-44-27-13-14-28-45(44)53-51-49-43(42-26-15-16-30-46(42)62(54(50)51)52(48)37-20-7-2-8-21-37)29-17-31-47(49)61(53)41-34-32-40(33-35-41)57-59-55(38-22-9-3-10-23-38)58-56(60-57)39-24-11-4-12-25-39/h1-14,16-25,27-35H. The van der Waals surface area contributed by atoms with E-state index >= 15 is 0 Å². The van der Waals surface area contributed by atoms with Gasteiger partial charge in [-0.15, -0.1) is 0 Å². The lowest BCUT2D eigenvalue weighted by Gasteiger charge is -2.13. The van der Waals surface area contributed by atoms with E-state index in [1.807, 2.05) is 66.7 Å². The van der Waals surface area contributed by atoms with Gasteiger partial charge in [0.15, 0.2) is 17.5 Å². The number of hydrogen-bond acceptors (Lipinski definition) is 3. The second-order valence-electron chi connectivity index (χ2n) is 15.8. The molecular weight excluding hydrogens is 755 g/mol. The van der Waals surface area contributed by atoms with Gasteiger partial charge in [0.25, 0.3) is 0 Å². The van der Waals surface area contributed by atoms with Crippen LogP contribution in [-0.4, -0.2) is 23.9 Å². The van der Waals surface area contributed by atoms with Gasteiger partial charge in [-0.3, -0.25) is 0 Å².